The molecule has 21 heavy (non-hydrogen) atoms. The average molecular weight is 288 g/mol. The molecule has 1 N–H and O–H groups in total. The number of likely N-dealkylation sites (tertiary alicyclic amines) is 1. The zero-order chi connectivity index (χ0) is 14.8. The number of aryl methyl sites for hydroxylation is 1. The Morgan fingerprint density at radius 1 is 1.57 bits per heavy atom. The lowest BCUT2D eigenvalue weighted by Gasteiger charge is -2.27. The van der Waals surface area contributed by atoms with Gasteiger partial charge in [-0.25, -0.2) is 0 Å². The maximum absolute atomic E-state index is 12.6. The number of carbonyl (C=O) groups excluding carboxylic acids is 1. The Morgan fingerprint density at radius 2 is 2.43 bits per heavy atom. The second-order valence-corrected chi connectivity index (χ2v) is 5.44. The van der Waals surface area contributed by atoms with Crippen molar-refractivity contribution in [2.45, 2.75) is 25.0 Å². The fourth-order valence-electron chi connectivity index (χ4n) is 3.03. The standard InChI is InChI=1S/C15H20N4O2/c1-18-10-11(9-17-18)8-13-14(21-2)5-7-19(13)15(20)12-4-3-6-16-12/h3-4,6,9-10,13-14,16H,5,7-8H2,1-2H3/t13-,14+/m1/s1. The van der Waals surface area contributed by atoms with Crippen molar-refractivity contribution < 1.29 is 9.53 Å². The molecule has 2 aromatic heterocycles. The summed E-state index contributed by atoms with van der Waals surface area (Å²) in [6.07, 6.45) is 7.31. The number of ether oxygens (including phenoxy) is 1. The molecular weight excluding hydrogens is 268 g/mol. The Morgan fingerprint density at radius 3 is 3.05 bits per heavy atom. The van der Waals surface area contributed by atoms with Gasteiger partial charge in [0.15, 0.2) is 0 Å². The molecule has 3 rings (SSSR count). The van der Waals surface area contributed by atoms with Crippen LogP contribution in [0.5, 0.6) is 0 Å². The van der Waals surface area contributed by atoms with Crippen LogP contribution in [0.1, 0.15) is 22.5 Å². The van der Waals surface area contributed by atoms with E-state index in [1.165, 1.54) is 0 Å². The van der Waals surface area contributed by atoms with E-state index in [1.54, 1.807) is 18.0 Å². The van der Waals surface area contributed by atoms with E-state index in [0.717, 1.165) is 24.9 Å². The highest BCUT2D eigenvalue weighted by Crippen LogP contribution is 2.25. The third-order valence-electron chi connectivity index (χ3n) is 4.08. The zero-order valence-electron chi connectivity index (χ0n) is 12.3. The number of nitrogens with zero attached hydrogens (tertiary/aromatic N) is 3. The first-order chi connectivity index (χ1) is 10.2. The van der Waals surface area contributed by atoms with Crippen molar-refractivity contribution in [2.75, 3.05) is 13.7 Å². The quantitative estimate of drug-likeness (QED) is 0.920. The number of hydrogen-bond donors (Lipinski definition) is 1. The fourth-order valence-corrected chi connectivity index (χ4v) is 3.03. The third-order valence-corrected chi connectivity index (χ3v) is 4.08. The molecule has 0 saturated carbocycles. The van der Waals surface area contributed by atoms with Crippen LogP contribution in [-0.2, 0) is 18.2 Å². The van der Waals surface area contributed by atoms with Crippen molar-refractivity contribution in [3.8, 4) is 0 Å². The molecule has 0 radical (unpaired) electrons. The minimum absolute atomic E-state index is 0.0356. The Hall–Kier alpha value is -2.08. The third kappa shape index (κ3) is 2.71. The van der Waals surface area contributed by atoms with Gasteiger partial charge in [-0.15, -0.1) is 0 Å². The van der Waals surface area contributed by atoms with E-state index in [-0.39, 0.29) is 18.1 Å². The molecule has 1 aliphatic heterocycles. The lowest BCUT2D eigenvalue weighted by molar-refractivity contribution is 0.0505. The number of nitrogens with one attached hydrogen (secondary N) is 1. The smallest absolute Gasteiger partial charge is 0.270 e. The molecule has 1 amide bonds. The van der Waals surface area contributed by atoms with E-state index in [9.17, 15) is 4.79 Å². The number of methoxy groups -OCH3 is 1. The van der Waals surface area contributed by atoms with Crippen molar-refractivity contribution in [3.05, 3.63) is 42.0 Å². The van der Waals surface area contributed by atoms with Gasteiger partial charge in [0.05, 0.1) is 18.3 Å². The summed E-state index contributed by atoms with van der Waals surface area (Å²) in [5, 5.41) is 4.20. The highest BCUT2D eigenvalue weighted by atomic mass is 16.5. The summed E-state index contributed by atoms with van der Waals surface area (Å²) in [5.74, 6) is 0.0356. The van der Waals surface area contributed by atoms with Gasteiger partial charge >= 0.3 is 0 Å². The van der Waals surface area contributed by atoms with Crippen LogP contribution < -0.4 is 0 Å². The van der Waals surface area contributed by atoms with Crippen LogP contribution in [0.15, 0.2) is 30.7 Å². The van der Waals surface area contributed by atoms with E-state index >= 15 is 0 Å². The molecule has 0 spiro atoms. The van der Waals surface area contributed by atoms with E-state index in [1.807, 2.05) is 36.5 Å². The number of amides is 1. The molecule has 1 fully saturated rings. The van der Waals surface area contributed by atoms with Gasteiger partial charge in [-0.2, -0.15) is 5.10 Å². The van der Waals surface area contributed by atoms with Gasteiger partial charge in [0.25, 0.3) is 5.91 Å². The van der Waals surface area contributed by atoms with Crippen LogP contribution >= 0.6 is 0 Å². The van der Waals surface area contributed by atoms with Crippen LogP contribution in [0.3, 0.4) is 0 Å². The van der Waals surface area contributed by atoms with Crippen LogP contribution in [0.2, 0.25) is 0 Å². The molecule has 6 heteroatoms. The number of carbonyl (C=O) groups is 1. The van der Waals surface area contributed by atoms with Crippen LogP contribution in [0, 0.1) is 0 Å². The Bertz CT molecular complexity index is 605. The first-order valence-electron chi connectivity index (χ1n) is 7.13. The summed E-state index contributed by atoms with van der Waals surface area (Å²) in [5.41, 5.74) is 1.75. The molecule has 0 aromatic carbocycles. The summed E-state index contributed by atoms with van der Waals surface area (Å²) in [7, 11) is 3.61. The molecular formula is C15H20N4O2. The highest BCUT2D eigenvalue weighted by Gasteiger charge is 2.37. The van der Waals surface area contributed by atoms with E-state index in [2.05, 4.69) is 10.1 Å². The van der Waals surface area contributed by atoms with Gasteiger partial charge in [0, 0.05) is 33.1 Å². The van der Waals surface area contributed by atoms with Crippen molar-refractivity contribution in [1.29, 1.82) is 0 Å². The number of hydrogen-bond acceptors (Lipinski definition) is 3. The molecule has 0 bridgehead atoms. The summed E-state index contributed by atoms with van der Waals surface area (Å²) in [6.45, 7) is 0.724. The summed E-state index contributed by atoms with van der Waals surface area (Å²) < 4.78 is 7.35. The summed E-state index contributed by atoms with van der Waals surface area (Å²) >= 11 is 0. The lowest BCUT2D eigenvalue weighted by atomic mass is 10.0. The highest BCUT2D eigenvalue weighted by molar-refractivity contribution is 5.92. The van der Waals surface area contributed by atoms with Crippen molar-refractivity contribution in [1.82, 2.24) is 19.7 Å². The summed E-state index contributed by atoms with van der Waals surface area (Å²) in [4.78, 5) is 17.5. The molecule has 1 saturated heterocycles. The topological polar surface area (TPSA) is 63.1 Å². The molecule has 0 unspecified atom stereocenters. The maximum Gasteiger partial charge on any atom is 0.270 e. The average Bonchev–Trinajstić information content (AvgIpc) is 3.19. The van der Waals surface area contributed by atoms with Crippen LogP contribution in [0.25, 0.3) is 0 Å². The molecule has 2 aromatic rings. The minimum atomic E-state index is 0.0356. The van der Waals surface area contributed by atoms with Gasteiger partial charge in [0.1, 0.15) is 5.69 Å². The van der Waals surface area contributed by atoms with E-state index in [4.69, 9.17) is 4.74 Å². The van der Waals surface area contributed by atoms with E-state index < -0.39 is 0 Å². The Balaban J connectivity index is 1.80. The lowest BCUT2D eigenvalue weighted by Crippen LogP contribution is -2.41. The van der Waals surface area contributed by atoms with Gasteiger partial charge in [-0.1, -0.05) is 0 Å². The first-order valence-corrected chi connectivity index (χ1v) is 7.13. The van der Waals surface area contributed by atoms with Gasteiger partial charge < -0.3 is 14.6 Å². The number of rotatable bonds is 4. The van der Waals surface area contributed by atoms with Gasteiger partial charge in [0.2, 0.25) is 0 Å². The zero-order valence-corrected chi connectivity index (χ0v) is 12.3. The van der Waals surface area contributed by atoms with Crippen molar-refractivity contribution in [3.63, 3.8) is 0 Å². The second kappa shape index (κ2) is 5.73. The van der Waals surface area contributed by atoms with Gasteiger partial charge in [-0.05, 0) is 30.5 Å². The normalized spacial score (nSPS) is 21.9. The molecule has 0 aliphatic carbocycles. The van der Waals surface area contributed by atoms with Crippen molar-refractivity contribution in [2.24, 2.45) is 7.05 Å². The molecule has 112 valence electrons. The number of aromatic amines is 1. The Labute approximate surface area is 123 Å². The largest absolute Gasteiger partial charge is 0.379 e. The SMILES string of the molecule is CO[C@H]1CCN(C(=O)c2ccc[nH]2)[C@@H]1Cc1cnn(C)c1. The number of aromatic nitrogens is 3. The second-order valence-electron chi connectivity index (χ2n) is 5.44. The van der Waals surface area contributed by atoms with Crippen molar-refractivity contribution >= 4 is 5.91 Å². The molecule has 3 heterocycles. The number of H-pyrrole nitrogens is 1. The van der Waals surface area contributed by atoms with Crippen LogP contribution in [0.4, 0.5) is 0 Å². The monoisotopic (exact) mass is 288 g/mol. The van der Waals surface area contributed by atoms with E-state index in [0.29, 0.717) is 5.69 Å². The fraction of sp³-hybridized carbons (Fsp3) is 0.467. The predicted molar refractivity (Wildman–Crippen MR) is 77.9 cm³/mol. The molecule has 1 aliphatic rings. The summed E-state index contributed by atoms with van der Waals surface area (Å²) in [6, 6.07) is 3.70. The van der Waals surface area contributed by atoms with Gasteiger partial charge in [-0.3, -0.25) is 9.48 Å². The minimum Gasteiger partial charge on any atom is -0.379 e. The first kappa shape index (κ1) is 13.9. The van der Waals surface area contributed by atoms with Crippen LogP contribution in [-0.4, -0.2) is 51.4 Å². The Kier molecular flexibility index (Phi) is 3.79. The molecule has 6 nitrogen and oxygen atoms in total. The predicted octanol–water partition coefficient (Wildman–Crippen LogP) is 1.22. The maximum atomic E-state index is 12.6. The molecule has 2 atom stereocenters.